The highest BCUT2D eigenvalue weighted by molar-refractivity contribution is 7.89. The molecule has 1 N–H and O–H groups in total. The van der Waals surface area contributed by atoms with Gasteiger partial charge < -0.3 is 0 Å². The summed E-state index contributed by atoms with van der Waals surface area (Å²) in [7, 11) is -3.59. The van der Waals surface area contributed by atoms with Crippen LogP contribution < -0.4 is 4.72 Å². The van der Waals surface area contributed by atoms with Gasteiger partial charge in [-0.3, -0.25) is 0 Å². The van der Waals surface area contributed by atoms with E-state index in [1.165, 1.54) is 18.2 Å². The van der Waals surface area contributed by atoms with E-state index >= 15 is 0 Å². The Balaban J connectivity index is 2.70. The van der Waals surface area contributed by atoms with Crippen molar-refractivity contribution in [2.45, 2.75) is 37.5 Å². The van der Waals surface area contributed by atoms with E-state index < -0.39 is 10.0 Å². The molecule has 6 heteroatoms. The first-order chi connectivity index (χ1) is 9.01. The molecule has 104 valence electrons. The number of sulfonamides is 1. The van der Waals surface area contributed by atoms with E-state index in [2.05, 4.69) is 11.6 Å². The van der Waals surface area contributed by atoms with Crippen LogP contribution in [0, 0.1) is 11.3 Å². The minimum atomic E-state index is -3.59. The molecular formula is C13H17ClN2O2S. The van der Waals surface area contributed by atoms with Gasteiger partial charge in [-0.15, -0.1) is 0 Å². The molecule has 1 aromatic rings. The van der Waals surface area contributed by atoms with E-state index in [9.17, 15) is 8.42 Å². The Morgan fingerprint density at radius 3 is 2.63 bits per heavy atom. The van der Waals surface area contributed by atoms with Crippen molar-refractivity contribution >= 4 is 21.6 Å². The second-order valence-corrected chi connectivity index (χ2v) is 6.36. The number of nitriles is 1. The molecule has 0 amide bonds. The summed E-state index contributed by atoms with van der Waals surface area (Å²) in [6.45, 7) is 2.50. The monoisotopic (exact) mass is 300 g/mol. The number of unbranched alkanes of at least 4 members (excludes halogenated alkanes) is 3. The largest absolute Gasteiger partial charge is 0.242 e. The SMILES string of the molecule is CCCCCCNS(=O)(=O)c1ccc(C#N)cc1Cl. The Kier molecular flexibility index (Phi) is 6.29. The van der Waals surface area contributed by atoms with Gasteiger partial charge in [-0.25, -0.2) is 13.1 Å². The molecule has 1 aromatic carbocycles. The second kappa shape index (κ2) is 7.49. The van der Waals surface area contributed by atoms with Gasteiger partial charge in [-0.1, -0.05) is 37.8 Å². The quantitative estimate of drug-likeness (QED) is 0.787. The summed E-state index contributed by atoms with van der Waals surface area (Å²) >= 11 is 5.88. The predicted molar refractivity (Wildman–Crippen MR) is 75.5 cm³/mol. The zero-order chi connectivity index (χ0) is 14.3. The number of benzene rings is 1. The summed E-state index contributed by atoms with van der Waals surface area (Å²) in [5.41, 5.74) is 0.340. The zero-order valence-corrected chi connectivity index (χ0v) is 12.4. The number of hydrogen-bond donors (Lipinski definition) is 1. The fourth-order valence-corrected chi connectivity index (χ4v) is 3.24. The van der Waals surface area contributed by atoms with Crippen molar-refractivity contribution in [1.29, 1.82) is 5.26 Å². The first-order valence-corrected chi connectivity index (χ1v) is 8.06. The Morgan fingerprint density at radius 2 is 2.05 bits per heavy atom. The average Bonchev–Trinajstić information content (AvgIpc) is 2.37. The van der Waals surface area contributed by atoms with Gasteiger partial charge in [0.1, 0.15) is 4.90 Å². The third-order valence-corrected chi connectivity index (χ3v) is 4.62. The summed E-state index contributed by atoms with van der Waals surface area (Å²) < 4.78 is 26.5. The Hall–Kier alpha value is -1.09. The fraction of sp³-hybridized carbons (Fsp3) is 0.462. The maximum Gasteiger partial charge on any atom is 0.242 e. The molecule has 0 aliphatic rings. The minimum absolute atomic E-state index is 0.0173. The smallest absolute Gasteiger partial charge is 0.211 e. The van der Waals surface area contributed by atoms with Crippen molar-refractivity contribution in [2.24, 2.45) is 0 Å². The van der Waals surface area contributed by atoms with Crippen molar-refractivity contribution < 1.29 is 8.42 Å². The molecule has 0 aliphatic heterocycles. The predicted octanol–water partition coefficient (Wildman–Crippen LogP) is 3.07. The van der Waals surface area contributed by atoms with E-state index in [0.29, 0.717) is 12.1 Å². The summed E-state index contributed by atoms with van der Waals surface area (Å²) in [6, 6.07) is 6.07. The highest BCUT2D eigenvalue weighted by atomic mass is 35.5. The summed E-state index contributed by atoms with van der Waals surface area (Å²) in [4.78, 5) is 0.0173. The normalized spacial score (nSPS) is 11.2. The standard InChI is InChI=1S/C13H17ClN2O2S/c1-2-3-4-5-8-16-19(17,18)13-7-6-11(10-15)9-12(13)14/h6-7,9,16H,2-5,8H2,1H3. The number of nitrogens with zero attached hydrogens (tertiary/aromatic N) is 1. The van der Waals surface area contributed by atoms with Crippen LogP contribution in [0.3, 0.4) is 0 Å². The lowest BCUT2D eigenvalue weighted by atomic mass is 10.2. The highest BCUT2D eigenvalue weighted by Crippen LogP contribution is 2.22. The van der Waals surface area contributed by atoms with Crippen LogP contribution in [0.4, 0.5) is 0 Å². The molecule has 0 atom stereocenters. The lowest BCUT2D eigenvalue weighted by Gasteiger charge is -2.08. The summed E-state index contributed by atoms with van der Waals surface area (Å²) in [6.07, 6.45) is 4.01. The molecule has 0 saturated heterocycles. The third kappa shape index (κ3) is 4.83. The molecule has 0 heterocycles. The van der Waals surface area contributed by atoms with Crippen molar-refractivity contribution in [1.82, 2.24) is 4.72 Å². The zero-order valence-electron chi connectivity index (χ0n) is 10.8. The fourth-order valence-electron chi connectivity index (χ4n) is 1.62. The van der Waals surface area contributed by atoms with Crippen molar-refractivity contribution in [3.05, 3.63) is 28.8 Å². The van der Waals surface area contributed by atoms with Crippen molar-refractivity contribution in [3.63, 3.8) is 0 Å². The third-order valence-electron chi connectivity index (χ3n) is 2.67. The molecule has 1 rings (SSSR count). The van der Waals surface area contributed by atoms with E-state index in [1.54, 1.807) is 0 Å². The van der Waals surface area contributed by atoms with E-state index in [-0.39, 0.29) is 9.92 Å². The maximum absolute atomic E-state index is 12.0. The number of rotatable bonds is 7. The van der Waals surface area contributed by atoms with Gasteiger partial charge in [0.25, 0.3) is 0 Å². The van der Waals surface area contributed by atoms with Gasteiger partial charge in [-0.05, 0) is 24.6 Å². The molecule has 0 fully saturated rings. The van der Waals surface area contributed by atoms with Crippen LogP contribution in [0.1, 0.15) is 38.2 Å². The summed E-state index contributed by atoms with van der Waals surface area (Å²) in [5, 5.41) is 8.78. The maximum atomic E-state index is 12.0. The lowest BCUT2D eigenvalue weighted by Crippen LogP contribution is -2.25. The van der Waals surface area contributed by atoms with Crippen molar-refractivity contribution in [3.8, 4) is 6.07 Å². The number of hydrogen-bond acceptors (Lipinski definition) is 3. The first kappa shape index (κ1) is 16.0. The summed E-state index contributed by atoms with van der Waals surface area (Å²) in [5.74, 6) is 0. The molecule has 0 saturated carbocycles. The topological polar surface area (TPSA) is 70.0 Å². The van der Waals surface area contributed by atoms with Gasteiger partial charge in [-0.2, -0.15) is 5.26 Å². The lowest BCUT2D eigenvalue weighted by molar-refractivity contribution is 0.573. The Bertz CT molecular complexity index is 564. The molecule has 0 aromatic heterocycles. The van der Waals surface area contributed by atoms with E-state index in [0.717, 1.165) is 25.7 Å². The van der Waals surface area contributed by atoms with Gasteiger partial charge >= 0.3 is 0 Å². The molecule has 19 heavy (non-hydrogen) atoms. The van der Waals surface area contributed by atoms with Crippen LogP contribution in [-0.2, 0) is 10.0 Å². The van der Waals surface area contributed by atoms with Crippen LogP contribution in [0.5, 0.6) is 0 Å². The average molecular weight is 301 g/mol. The van der Waals surface area contributed by atoms with E-state index in [1.807, 2.05) is 6.07 Å². The van der Waals surface area contributed by atoms with Crippen LogP contribution in [0.25, 0.3) is 0 Å². The van der Waals surface area contributed by atoms with Gasteiger partial charge in [0.05, 0.1) is 16.7 Å². The number of halogens is 1. The van der Waals surface area contributed by atoms with Gasteiger partial charge in [0, 0.05) is 6.54 Å². The molecule has 0 unspecified atom stereocenters. The molecule has 0 spiro atoms. The van der Waals surface area contributed by atoms with E-state index in [4.69, 9.17) is 16.9 Å². The minimum Gasteiger partial charge on any atom is -0.211 e. The first-order valence-electron chi connectivity index (χ1n) is 6.20. The molecule has 0 aliphatic carbocycles. The van der Waals surface area contributed by atoms with Gasteiger partial charge in [0.15, 0.2) is 0 Å². The molecule has 0 radical (unpaired) electrons. The molecule has 4 nitrogen and oxygen atoms in total. The van der Waals surface area contributed by atoms with Gasteiger partial charge in [0.2, 0.25) is 10.0 Å². The molecular weight excluding hydrogens is 284 g/mol. The van der Waals surface area contributed by atoms with Crippen LogP contribution in [0.2, 0.25) is 5.02 Å². The highest BCUT2D eigenvalue weighted by Gasteiger charge is 2.17. The Morgan fingerprint density at radius 1 is 1.32 bits per heavy atom. The van der Waals surface area contributed by atoms with Crippen molar-refractivity contribution in [2.75, 3.05) is 6.54 Å². The Labute approximate surface area is 119 Å². The van der Waals surface area contributed by atoms with Crippen LogP contribution >= 0.6 is 11.6 Å². The second-order valence-electron chi connectivity index (χ2n) is 4.22. The van der Waals surface area contributed by atoms with Crippen LogP contribution in [0.15, 0.2) is 23.1 Å². The molecule has 0 bridgehead atoms. The number of nitrogens with one attached hydrogen (secondary N) is 1. The van der Waals surface area contributed by atoms with Crippen LogP contribution in [-0.4, -0.2) is 15.0 Å².